The number of hydrogen-bond donors (Lipinski definition) is 1. The molecule has 2 rings (SSSR count). The van der Waals surface area contributed by atoms with E-state index < -0.39 is 16.1 Å². The first kappa shape index (κ1) is 22.5. The minimum Gasteiger partial charge on any atom is -0.497 e. The second kappa shape index (κ2) is 10.2. The molecule has 1 atom stereocenters. The Bertz CT molecular complexity index is 913. The van der Waals surface area contributed by atoms with Crippen LogP contribution in [0.1, 0.15) is 18.9 Å². The van der Waals surface area contributed by atoms with Gasteiger partial charge >= 0.3 is 0 Å². The Morgan fingerprint density at radius 2 is 1.72 bits per heavy atom. The van der Waals surface area contributed by atoms with Gasteiger partial charge in [-0.05, 0) is 61.7 Å². The summed E-state index contributed by atoms with van der Waals surface area (Å²) in [4.78, 5) is 12.6. The molecule has 0 radical (unpaired) electrons. The molecule has 0 saturated carbocycles. The number of aryl methyl sites for hydroxylation is 1. The molecular formula is C21H28N2O5S. The second-order valence-electron chi connectivity index (χ2n) is 6.68. The molecule has 0 aliphatic heterocycles. The summed E-state index contributed by atoms with van der Waals surface area (Å²) in [6.07, 6.45) is 2.59. The SMILES string of the molecule is COc1ccc(N([C@H](C)C(=O)NCCCc2cccc(OC)c2)S(C)(=O)=O)cc1. The molecule has 29 heavy (non-hydrogen) atoms. The standard InChI is InChI=1S/C21H28N2O5S/c1-16(23(29(4,25)26)18-10-12-19(27-2)13-11-18)21(24)22-14-6-8-17-7-5-9-20(15-17)28-3/h5,7,9-13,15-16H,6,8,14H2,1-4H3,(H,22,24)/t16-/m1/s1. The zero-order valence-corrected chi connectivity index (χ0v) is 18.0. The molecule has 0 fully saturated rings. The predicted octanol–water partition coefficient (Wildman–Crippen LogP) is 2.61. The number of hydrogen-bond acceptors (Lipinski definition) is 5. The summed E-state index contributed by atoms with van der Waals surface area (Å²) in [7, 11) is -0.491. The minimum atomic E-state index is -3.65. The number of nitrogens with one attached hydrogen (secondary N) is 1. The number of carbonyl (C=O) groups excluding carboxylic acids is 1. The molecule has 0 saturated heterocycles. The van der Waals surface area contributed by atoms with Crippen LogP contribution in [-0.2, 0) is 21.2 Å². The molecule has 0 bridgehead atoms. The summed E-state index contributed by atoms with van der Waals surface area (Å²) in [6.45, 7) is 2.02. The number of anilines is 1. The van der Waals surface area contributed by atoms with E-state index in [1.165, 1.54) is 7.11 Å². The summed E-state index contributed by atoms with van der Waals surface area (Å²) >= 11 is 0. The van der Waals surface area contributed by atoms with E-state index in [1.807, 2.05) is 24.3 Å². The van der Waals surface area contributed by atoms with E-state index in [9.17, 15) is 13.2 Å². The Morgan fingerprint density at radius 3 is 2.31 bits per heavy atom. The van der Waals surface area contributed by atoms with Crippen molar-refractivity contribution in [1.29, 1.82) is 0 Å². The van der Waals surface area contributed by atoms with Crippen molar-refractivity contribution in [3.63, 3.8) is 0 Å². The maximum absolute atomic E-state index is 12.6. The van der Waals surface area contributed by atoms with Crippen LogP contribution in [0, 0.1) is 0 Å². The predicted molar refractivity (Wildman–Crippen MR) is 114 cm³/mol. The van der Waals surface area contributed by atoms with Crippen LogP contribution in [0.4, 0.5) is 5.69 Å². The average Bonchev–Trinajstić information content (AvgIpc) is 2.70. The minimum absolute atomic E-state index is 0.350. The van der Waals surface area contributed by atoms with Crippen molar-refractivity contribution in [3.05, 3.63) is 54.1 Å². The van der Waals surface area contributed by atoms with Crippen molar-refractivity contribution in [2.75, 3.05) is 31.3 Å². The van der Waals surface area contributed by atoms with Crippen LogP contribution in [0.3, 0.4) is 0 Å². The smallest absolute Gasteiger partial charge is 0.243 e. The largest absolute Gasteiger partial charge is 0.497 e. The molecule has 0 spiro atoms. The molecule has 7 nitrogen and oxygen atoms in total. The van der Waals surface area contributed by atoms with Gasteiger partial charge in [0, 0.05) is 6.54 Å². The highest BCUT2D eigenvalue weighted by molar-refractivity contribution is 7.92. The summed E-state index contributed by atoms with van der Waals surface area (Å²) in [5, 5.41) is 2.83. The number of ether oxygens (including phenoxy) is 2. The van der Waals surface area contributed by atoms with E-state index in [1.54, 1.807) is 38.3 Å². The van der Waals surface area contributed by atoms with Crippen LogP contribution in [0.2, 0.25) is 0 Å². The molecule has 0 heterocycles. The van der Waals surface area contributed by atoms with Crippen LogP contribution in [0.15, 0.2) is 48.5 Å². The van der Waals surface area contributed by atoms with Gasteiger partial charge in [0.2, 0.25) is 15.9 Å². The number of amides is 1. The molecule has 0 unspecified atom stereocenters. The van der Waals surface area contributed by atoms with Gasteiger partial charge in [0.05, 0.1) is 26.2 Å². The third kappa shape index (κ3) is 6.39. The van der Waals surface area contributed by atoms with Crippen molar-refractivity contribution < 1.29 is 22.7 Å². The van der Waals surface area contributed by atoms with Crippen LogP contribution < -0.4 is 19.1 Å². The molecule has 0 aliphatic carbocycles. The fourth-order valence-electron chi connectivity index (χ4n) is 3.02. The number of benzene rings is 2. The Hall–Kier alpha value is -2.74. The number of sulfonamides is 1. The Balaban J connectivity index is 1.97. The van der Waals surface area contributed by atoms with Crippen molar-refractivity contribution in [2.45, 2.75) is 25.8 Å². The molecule has 158 valence electrons. The molecule has 2 aromatic rings. The highest BCUT2D eigenvalue weighted by atomic mass is 32.2. The maximum atomic E-state index is 12.6. The van der Waals surface area contributed by atoms with E-state index >= 15 is 0 Å². The fraction of sp³-hybridized carbons (Fsp3) is 0.381. The van der Waals surface area contributed by atoms with Gasteiger partial charge in [-0.1, -0.05) is 12.1 Å². The van der Waals surface area contributed by atoms with Gasteiger partial charge in [-0.15, -0.1) is 0 Å². The lowest BCUT2D eigenvalue weighted by molar-refractivity contribution is -0.121. The number of carbonyl (C=O) groups is 1. The van der Waals surface area contributed by atoms with Crippen molar-refractivity contribution in [3.8, 4) is 11.5 Å². The highest BCUT2D eigenvalue weighted by Crippen LogP contribution is 2.23. The van der Waals surface area contributed by atoms with Gasteiger partial charge in [0.25, 0.3) is 0 Å². The number of rotatable bonds is 10. The van der Waals surface area contributed by atoms with E-state index in [0.717, 1.165) is 34.7 Å². The van der Waals surface area contributed by atoms with Gasteiger partial charge in [-0.3, -0.25) is 9.10 Å². The maximum Gasteiger partial charge on any atom is 0.243 e. The van der Waals surface area contributed by atoms with Crippen molar-refractivity contribution >= 4 is 21.6 Å². The van der Waals surface area contributed by atoms with Crippen LogP contribution in [0.5, 0.6) is 11.5 Å². The van der Waals surface area contributed by atoms with Crippen molar-refractivity contribution in [1.82, 2.24) is 5.32 Å². The lowest BCUT2D eigenvalue weighted by Crippen LogP contribution is -2.48. The Morgan fingerprint density at radius 1 is 1.07 bits per heavy atom. The van der Waals surface area contributed by atoms with Crippen LogP contribution >= 0.6 is 0 Å². The van der Waals surface area contributed by atoms with Gasteiger partial charge in [0.15, 0.2) is 0 Å². The fourth-order valence-corrected chi connectivity index (χ4v) is 4.19. The summed E-state index contributed by atoms with van der Waals surface area (Å²) < 4.78 is 36.0. The Kier molecular flexibility index (Phi) is 7.90. The lowest BCUT2D eigenvalue weighted by atomic mass is 10.1. The van der Waals surface area contributed by atoms with Gasteiger partial charge < -0.3 is 14.8 Å². The van der Waals surface area contributed by atoms with Gasteiger partial charge in [-0.2, -0.15) is 0 Å². The first-order chi connectivity index (χ1) is 13.8. The third-order valence-corrected chi connectivity index (χ3v) is 5.73. The second-order valence-corrected chi connectivity index (χ2v) is 8.54. The number of methoxy groups -OCH3 is 2. The Labute approximate surface area is 172 Å². The van der Waals surface area contributed by atoms with E-state index in [4.69, 9.17) is 9.47 Å². The first-order valence-electron chi connectivity index (χ1n) is 9.30. The molecular weight excluding hydrogens is 392 g/mol. The van der Waals surface area contributed by atoms with E-state index in [0.29, 0.717) is 18.0 Å². The summed E-state index contributed by atoms with van der Waals surface area (Å²) in [6, 6.07) is 13.4. The summed E-state index contributed by atoms with van der Waals surface area (Å²) in [5.41, 5.74) is 1.52. The molecule has 0 aliphatic rings. The van der Waals surface area contributed by atoms with Crippen LogP contribution in [0.25, 0.3) is 0 Å². The topological polar surface area (TPSA) is 84.9 Å². The molecule has 8 heteroatoms. The van der Waals surface area contributed by atoms with Crippen molar-refractivity contribution in [2.24, 2.45) is 0 Å². The monoisotopic (exact) mass is 420 g/mol. The summed E-state index contributed by atoms with van der Waals surface area (Å²) in [5.74, 6) is 1.05. The molecule has 2 aromatic carbocycles. The average molecular weight is 421 g/mol. The zero-order valence-electron chi connectivity index (χ0n) is 17.2. The van der Waals surface area contributed by atoms with Gasteiger partial charge in [0.1, 0.15) is 17.5 Å². The molecule has 1 amide bonds. The van der Waals surface area contributed by atoms with Gasteiger partial charge in [-0.25, -0.2) is 8.42 Å². The lowest BCUT2D eigenvalue weighted by Gasteiger charge is -2.28. The van der Waals surface area contributed by atoms with E-state index in [-0.39, 0.29) is 5.91 Å². The highest BCUT2D eigenvalue weighted by Gasteiger charge is 2.28. The van der Waals surface area contributed by atoms with E-state index in [2.05, 4.69) is 5.32 Å². The normalized spacial score (nSPS) is 12.1. The molecule has 0 aromatic heterocycles. The zero-order chi connectivity index (χ0) is 21.4. The molecule has 1 N–H and O–H groups in total. The number of nitrogens with zero attached hydrogens (tertiary/aromatic N) is 1. The quantitative estimate of drug-likeness (QED) is 0.597. The van der Waals surface area contributed by atoms with Crippen LogP contribution in [-0.4, -0.2) is 47.4 Å². The third-order valence-electron chi connectivity index (χ3n) is 4.49. The first-order valence-corrected chi connectivity index (χ1v) is 11.1.